The molecule has 22 heavy (non-hydrogen) atoms. The van der Waals surface area contributed by atoms with Gasteiger partial charge in [0.05, 0.1) is 22.2 Å². The summed E-state index contributed by atoms with van der Waals surface area (Å²) in [4.78, 5) is 18.4. The second kappa shape index (κ2) is 4.97. The molecular formula is C16H22N4O2. The van der Waals surface area contributed by atoms with Gasteiger partial charge in [-0.25, -0.2) is 4.98 Å². The number of rotatable bonds is 3. The number of carbonyl (C=O) groups is 1. The number of fused-ring (bicyclic) bond motifs is 1. The van der Waals surface area contributed by atoms with Gasteiger partial charge in [0, 0.05) is 26.3 Å². The van der Waals surface area contributed by atoms with Crippen LogP contribution in [0.1, 0.15) is 26.0 Å². The molecule has 1 atom stereocenters. The highest BCUT2D eigenvalue weighted by Crippen LogP contribution is 2.41. The van der Waals surface area contributed by atoms with Gasteiger partial charge in [-0.2, -0.15) is 5.10 Å². The summed E-state index contributed by atoms with van der Waals surface area (Å²) in [7, 11) is 1.88. The van der Waals surface area contributed by atoms with Gasteiger partial charge in [-0.1, -0.05) is 13.8 Å². The molecule has 3 heterocycles. The molecule has 1 aliphatic rings. The first-order valence-corrected chi connectivity index (χ1v) is 7.63. The molecule has 118 valence electrons. The van der Waals surface area contributed by atoms with Crippen molar-refractivity contribution >= 4 is 22.7 Å². The van der Waals surface area contributed by atoms with Crippen LogP contribution in [0.15, 0.2) is 12.3 Å². The summed E-state index contributed by atoms with van der Waals surface area (Å²) in [6.45, 7) is 7.24. The molecule has 3 rings (SSSR count). The summed E-state index contributed by atoms with van der Waals surface area (Å²) in [5.41, 5.74) is 2.14. The summed E-state index contributed by atoms with van der Waals surface area (Å²) in [6.07, 6.45) is 2.44. The summed E-state index contributed by atoms with van der Waals surface area (Å²) < 4.78 is 1.77. The van der Waals surface area contributed by atoms with E-state index in [1.807, 2.05) is 33.9 Å². The molecule has 1 saturated heterocycles. The SMILES string of the molecule is Cc1nn(C)c2nccc(N3CCC(C(=O)O)(C(C)C)C3)c12. The van der Waals surface area contributed by atoms with E-state index >= 15 is 0 Å². The standard InChI is InChI=1S/C16H22N4O2/c1-10(2)16(15(21)22)6-8-20(9-16)12-5-7-17-14-13(12)11(3)18-19(14)4/h5,7,10H,6,8-9H2,1-4H3,(H,21,22). The van der Waals surface area contributed by atoms with Crippen molar-refractivity contribution in [2.45, 2.75) is 27.2 Å². The third-order valence-electron chi connectivity index (χ3n) is 5.05. The fourth-order valence-electron chi connectivity index (χ4n) is 3.55. The Kier molecular flexibility index (Phi) is 3.34. The summed E-state index contributed by atoms with van der Waals surface area (Å²) in [5, 5.41) is 15.2. The monoisotopic (exact) mass is 302 g/mol. The zero-order valence-corrected chi connectivity index (χ0v) is 13.5. The molecule has 1 fully saturated rings. The van der Waals surface area contributed by atoms with Crippen LogP contribution < -0.4 is 4.90 Å². The molecule has 6 heteroatoms. The van der Waals surface area contributed by atoms with E-state index < -0.39 is 11.4 Å². The topological polar surface area (TPSA) is 71.2 Å². The number of pyridine rings is 1. The van der Waals surface area contributed by atoms with Crippen molar-refractivity contribution in [2.75, 3.05) is 18.0 Å². The van der Waals surface area contributed by atoms with Crippen LogP contribution in [-0.2, 0) is 11.8 Å². The molecular weight excluding hydrogens is 280 g/mol. The van der Waals surface area contributed by atoms with E-state index in [9.17, 15) is 9.90 Å². The predicted molar refractivity (Wildman–Crippen MR) is 85.0 cm³/mol. The van der Waals surface area contributed by atoms with Crippen molar-refractivity contribution in [3.63, 3.8) is 0 Å². The molecule has 0 radical (unpaired) electrons. The minimum absolute atomic E-state index is 0.0994. The van der Waals surface area contributed by atoms with Crippen molar-refractivity contribution in [1.82, 2.24) is 14.8 Å². The molecule has 0 saturated carbocycles. The van der Waals surface area contributed by atoms with Gasteiger partial charge in [0.1, 0.15) is 0 Å². The van der Waals surface area contributed by atoms with Gasteiger partial charge in [-0.15, -0.1) is 0 Å². The molecule has 0 aromatic carbocycles. The van der Waals surface area contributed by atoms with Crippen molar-refractivity contribution in [3.05, 3.63) is 18.0 Å². The van der Waals surface area contributed by atoms with E-state index in [-0.39, 0.29) is 5.92 Å². The Morgan fingerprint density at radius 2 is 2.18 bits per heavy atom. The van der Waals surface area contributed by atoms with Crippen LogP contribution in [-0.4, -0.2) is 38.9 Å². The van der Waals surface area contributed by atoms with Gasteiger partial charge in [0.2, 0.25) is 0 Å². The second-order valence-electron chi connectivity index (χ2n) is 6.53. The predicted octanol–water partition coefficient (Wildman–Crippen LogP) is 2.21. The molecule has 0 aliphatic carbocycles. The highest BCUT2D eigenvalue weighted by molar-refractivity contribution is 5.92. The minimum Gasteiger partial charge on any atom is -0.481 e. The molecule has 0 spiro atoms. The third-order valence-corrected chi connectivity index (χ3v) is 5.05. The lowest BCUT2D eigenvalue weighted by atomic mass is 9.76. The van der Waals surface area contributed by atoms with Gasteiger partial charge < -0.3 is 10.0 Å². The van der Waals surface area contributed by atoms with Crippen LogP contribution in [0.5, 0.6) is 0 Å². The zero-order valence-electron chi connectivity index (χ0n) is 13.5. The number of aromatic nitrogens is 3. The summed E-state index contributed by atoms with van der Waals surface area (Å²) in [5.74, 6) is -0.597. The van der Waals surface area contributed by atoms with Crippen LogP contribution in [0.3, 0.4) is 0 Å². The first-order chi connectivity index (χ1) is 10.4. The number of anilines is 1. The van der Waals surface area contributed by atoms with Gasteiger partial charge in [-0.3, -0.25) is 9.48 Å². The molecule has 0 amide bonds. The lowest BCUT2D eigenvalue weighted by Crippen LogP contribution is -2.39. The highest BCUT2D eigenvalue weighted by Gasteiger charge is 2.47. The summed E-state index contributed by atoms with van der Waals surface area (Å²) in [6, 6.07) is 1.97. The third kappa shape index (κ3) is 1.97. The number of carboxylic acid groups (broad SMARTS) is 1. The van der Waals surface area contributed by atoms with E-state index in [2.05, 4.69) is 15.0 Å². The maximum absolute atomic E-state index is 11.8. The van der Waals surface area contributed by atoms with E-state index in [0.717, 1.165) is 29.0 Å². The van der Waals surface area contributed by atoms with E-state index in [1.54, 1.807) is 10.9 Å². The summed E-state index contributed by atoms with van der Waals surface area (Å²) >= 11 is 0. The van der Waals surface area contributed by atoms with Crippen LogP contribution in [0, 0.1) is 18.3 Å². The van der Waals surface area contributed by atoms with Crippen LogP contribution >= 0.6 is 0 Å². The van der Waals surface area contributed by atoms with Crippen molar-refractivity contribution in [3.8, 4) is 0 Å². The maximum atomic E-state index is 11.8. The fraction of sp³-hybridized carbons (Fsp3) is 0.562. The lowest BCUT2D eigenvalue weighted by molar-refractivity contribution is -0.150. The Bertz CT molecular complexity index is 737. The largest absolute Gasteiger partial charge is 0.481 e. The molecule has 1 N–H and O–H groups in total. The van der Waals surface area contributed by atoms with Gasteiger partial charge in [0.15, 0.2) is 5.65 Å². The van der Waals surface area contributed by atoms with Crippen molar-refractivity contribution in [2.24, 2.45) is 18.4 Å². The first-order valence-electron chi connectivity index (χ1n) is 7.63. The molecule has 1 aliphatic heterocycles. The first kappa shape index (κ1) is 14.8. The Hall–Kier alpha value is -2.11. The molecule has 2 aromatic heterocycles. The molecule has 1 unspecified atom stereocenters. The molecule has 2 aromatic rings. The highest BCUT2D eigenvalue weighted by atomic mass is 16.4. The number of aliphatic carboxylic acids is 1. The number of hydrogen-bond acceptors (Lipinski definition) is 4. The smallest absolute Gasteiger partial charge is 0.311 e. The average Bonchev–Trinajstić information content (AvgIpc) is 3.03. The second-order valence-corrected chi connectivity index (χ2v) is 6.53. The van der Waals surface area contributed by atoms with Crippen molar-refractivity contribution in [1.29, 1.82) is 0 Å². The lowest BCUT2D eigenvalue weighted by Gasteiger charge is -2.29. The van der Waals surface area contributed by atoms with Crippen LogP contribution in [0.25, 0.3) is 11.0 Å². The fourth-order valence-corrected chi connectivity index (χ4v) is 3.55. The van der Waals surface area contributed by atoms with E-state index in [4.69, 9.17) is 0 Å². The number of carboxylic acids is 1. The number of aryl methyl sites for hydroxylation is 2. The number of hydrogen-bond donors (Lipinski definition) is 1. The van der Waals surface area contributed by atoms with E-state index in [0.29, 0.717) is 13.0 Å². The zero-order chi connectivity index (χ0) is 16.1. The Morgan fingerprint density at radius 1 is 1.45 bits per heavy atom. The average molecular weight is 302 g/mol. The van der Waals surface area contributed by atoms with Gasteiger partial charge in [0.25, 0.3) is 0 Å². The Morgan fingerprint density at radius 3 is 2.77 bits per heavy atom. The molecule has 6 nitrogen and oxygen atoms in total. The molecule has 0 bridgehead atoms. The Balaban J connectivity index is 2.05. The quantitative estimate of drug-likeness (QED) is 0.941. The van der Waals surface area contributed by atoms with Gasteiger partial charge >= 0.3 is 5.97 Å². The Labute approximate surface area is 129 Å². The minimum atomic E-state index is -0.696. The maximum Gasteiger partial charge on any atom is 0.311 e. The van der Waals surface area contributed by atoms with Gasteiger partial charge in [-0.05, 0) is 25.3 Å². The van der Waals surface area contributed by atoms with Crippen LogP contribution in [0.2, 0.25) is 0 Å². The number of nitrogens with zero attached hydrogens (tertiary/aromatic N) is 4. The van der Waals surface area contributed by atoms with Crippen molar-refractivity contribution < 1.29 is 9.90 Å². The van der Waals surface area contributed by atoms with E-state index in [1.165, 1.54) is 0 Å². The normalized spacial score (nSPS) is 22.0. The van der Waals surface area contributed by atoms with Crippen LogP contribution in [0.4, 0.5) is 5.69 Å².